The van der Waals surface area contributed by atoms with Crippen molar-refractivity contribution < 1.29 is 0 Å². The van der Waals surface area contributed by atoms with Gasteiger partial charge < -0.3 is 5.32 Å². The van der Waals surface area contributed by atoms with E-state index in [4.69, 9.17) is 11.6 Å². The highest BCUT2D eigenvalue weighted by Crippen LogP contribution is 2.21. The zero-order chi connectivity index (χ0) is 13.8. The molecule has 2 nitrogen and oxygen atoms in total. The molecule has 0 amide bonds. The topological polar surface area (TPSA) is 24.9 Å². The number of nitrogens with zero attached hydrogens (tertiary/aromatic N) is 1. The van der Waals surface area contributed by atoms with E-state index >= 15 is 0 Å². The molecule has 0 aliphatic carbocycles. The van der Waals surface area contributed by atoms with E-state index in [9.17, 15) is 0 Å². The lowest BCUT2D eigenvalue weighted by Gasteiger charge is -2.18. The molecule has 0 fully saturated rings. The van der Waals surface area contributed by atoms with Gasteiger partial charge in [-0.3, -0.25) is 4.98 Å². The van der Waals surface area contributed by atoms with Gasteiger partial charge in [-0.2, -0.15) is 0 Å². The maximum absolute atomic E-state index is 6.03. The summed E-state index contributed by atoms with van der Waals surface area (Å²) in [6, 6.07) is 10.4. The summed E-state index contributed by atoms with van der Waals surface area (Å²) in [5.41, 5.74) is 4.74. The van der Waals surface area contributed by atoms with Crippen molar-refractivity contribution in [3.63, 3.8) is 0 Å². The third kappa shape index (κ3) is 3.55. The Morgan fingerprint density at radius 2 is 2.05 bits per heavy atom. The van der Waals surface area contributed by atoms with Crippen LogP contribution in [0.1, 0.15) is 28.4 Å². The quantitative estimate of drug-likeness (QED) is 0.916. The lowest BCUT2D eigenvalue weighted by Crippen LogP contribution is -2.21. The Kier molecular flexibility index (Phi) is 4.56. The van der Waals surface area contributed by atoms with Gasteiger partial charge in [0.25, 0.3) is 0 Å². The molecule has 0 radical (unpaired) electrons. The van der Waals surface area contributed by atoms with Crippen molar-refractivity contribution in [3.05, 3.63) is 63.9 Å². The Morgan fingerprint density at radius 1 is 1.26 bits per heavy atom. The Morgan fingerprint density at radius 3 is 2.68 bits per heavy atom. The second-order valence-corrected chi connectivity index (χ2v) is 5.33. The number of aryl methyl sites for hydroxylation is 2. The van der Waals surface area contributed by atoms with Crippen LogP contribution in [0.5, 0.6) is 0 Å². The number of hydrogen-bond donors (Lipinski definition) is 1. The summed E-state index contributed by atoms with van der Waals surface area (Å²) in [5.74, 6) is 0. The number of aromatic nitrogens is 1. The van der Waals surface area contributed by atoms with Crippen LogP contribution in [0.3, 0.4) is 0 Å². The predicted molar refractivity (Wildman–Crippen MR) is 80.7 cm³/mol. The van der Waals surface area contributed by atoms with Crippen LogP contribution < -0.4 is 5.32 Å². The van der Waals surface area contributed by atoms with Gasteiger partial charge in [-0.25, -0.2) is 0 Å². The minimum absolute atomic E-state index is 0.207. The molecular weight excluding hydrogens is 256 g/mol. The first kappa shape index (κ1) is 14.0. The predicted octanol–water partition coefficient (Wildman–Crippen LogP) is 3.86. The number of nitrogens with one attached hydrogen (secondary N) is 1. The van der Waals surface area contributed by atoms with Crippen LogP contribution in [0.25, 0.3) is 0 Å². The van der Waals surface area contributed by atoms with E-state index in [1.807, 2.05) is 31.4 Å². The van der Waals surface area contributed by atoms with Crippen LogP contribution in [-0.4, -0.2) is 12.0 Å². The van der Waals surface area contributed by atoms with Gasteiger partial charge >= 0.3 is 0 Å². The summed E-state index contributed by atoms with van der Waals surface area (Å²) in [6.07, 6.45) is 2.80. The highest BCUT2D eigenvalue weighted by atomic mass is 35.5. The molecule has 0 saturated carbocycles. The summed E-state index contributed by atoms with van der Waals surface area (Å²) in [4.78, 5) is 4.57. The van der Waals surface area contributed by atoms with E-state index < -0.39 is 0 Å². The Hall–Kier alpha value is -1.38. The first-order valence-corrected chi connectivity index (χ1v) is 6.83. The molecule has 0 aliphatic rings. The Balaban J connectivity index is 2.25. The fourth-order valence-corrected chi connectivity index (χ4v) is 2.54. The molecule has 0 bridgehead atoms. The second kappa shape index (κ2) is 6.18. The maximum atomic E-state index is 6.03. The number of benzene rings is 1. The van der Waals surface area contributed by atoms with Crippen molar-refractivity contribution in [2.45, 2.75) is 26.3 Å². The molecule has 1 N–H and O–H groups in total. The molecule has 1 aromatic heterocycles. The zero-order valence-corrected chi connectivity index (χ0v) is 12.3. The van der Waals surface area contributed by atoms with Crippen molar-refractivity contribution in [1.29, 1.82) is 0 Å². The first-order valence-electron chi connectivity index (χ1n) is 6.45. The lowest BCUT2D eigenvalue weighted by atomic mass is 9.99. The van der Waals surface area contributed by atoms with Crippen LogP contribution in [-0.2, 0) is 6.42 Å². The Labute approximate surface area is 119 Å². The van der Waals surface area contributed by atoms with Gasteiger partial charge in [0.1, 0.15) is 0 Å². The maximum Gasteiger partial charge on any atom is 0.0605 e. The van der Waals surface area contributed by atoms with E-state index in [1.165, 1.54) is 16.7 Å². The molecule has 100 valence electrons. The fraction of sp³-hybridized carbons (Fsp3) is 0.312. The number of likely N-dealkylation sites (N-methyl/N-ethyl adjacent to an activating group) is 1. The van der Waals surface area contributed by atoms with Crippen LogP contribution in [0, 0.1) is 13.8 Å². The van der Waals surface area contributed by atoms with Gasteiger partial charge in [-0.15, -0.1) is 0 Å². The number of hydrogen-bond acceptors (Lipinski definition) is 2. The van der Waals surface area contributed by atoms with Crippen LogP contribution in [0.15, 0.2) is 36.5 Å². The molecule has 19 heavy (non-hydrogen) atoms. The van der Waals surface area contributed by atoms with Crippen LogP contribution >= 0.6 is 11.6 Å². The van der Waals surface area contributed by atoms with Gasteiger partial charge in [0, 0.05) is 11.2 Å². The van der Waals surface area contributed by atoms with Crippen molar-refractivity contribution in [3.8, 4) is 0 Å². The summed E-state index contributed by atoms with van der Waals surface area (Å²) >= 11 is 6.03. The van der Waals surface area contributed by atoms with E-state index in [0.717, 1.165) is 17.1 Å². The zero-order valence-electron chi connectivity index (χ0n) is 11.6. The monoisotopic (exact) mass is 274 g/mol. The summed E-state index contributed by atoms with van der Waals surface area (Å²) < 4.78 is 0. The molecule has 1 aromatic carbocycles. The highest BCUT2D eigenvalue weighted by molar-refractivity contribution is 6.30. The molecule has 0 aliphatic heterocycles. The van der Waals surface area contributed by atoms with Gasteiger partial charge in [0.15, 0.2) is 0 Å². The largest absolute Gasteiger partial charge is 0.311 e. The molecule has 2 rings (SSSR count). The number of halogens is 1. The molecule has 1 unspecified atom stereocenters. The summed E-state index contributed by atoms with van der Waals surface area (Å²) in [5, 5.41) is 4.12. The SMILES string of the molecule is CNC(Cc1cccc(Cl)c1)c1ncc(C)cc1C. The summed E-state index contributed by atoms with van der Waals surface area (Å²) in [6.45, 7) is 4.17. The van der Waals surface area contributed by atoms with Gasteiger partial charge in [-0.05, 0) is 56.1 Å². The fourth-order valence-electron chi connectivity index (χ4n) is 2.33. The van der Waals surface area contributed by atoms with E-state index in [-0.39, 0.29) is 6.04 Å². The standard InChI is InChI=1S/C16H19ClN2/c1-11-7-12(2)16(19-10-11)15(18-3)9-13-5-4-6-14(17)8-13/h4-8,10,15,18H,9H2,1-3H3. The third-order valence-electron chi connectivity index (χ3n) is 3.26. The molecule has 2 aromatic rings. The van der Waals surface area contributed by atoms with Gasteiger partial charge in [0.2, 0.25) is 0 Å². The molecule has 1 heterocycles. The third-order valence-corrected chi connectivity index (χ3v) is 3.50. The molecule has 1 atom stereocenters. The molecular formula is C16H19ClN2. The van der Waals surface area contributed by atoms with Crippen molar-refractivity contribution in [2.24, 2.45) is 0 Å². The molecule has 3 heteroatoms. The van der Waals surface area contributed by atoms with Crippen molar-refractivity contribution in [2.75, 3.05) is 7.05 Å². The van der Waals surface area contributed by atoms with E-state index in [2.05, 4.69) is 36.3 Å². The first-order chi connectivity index (χ1) is 9.10. The molecule has 0 spiro atoms. The minimum atomic E-state index is 0.207. The minimum Gasteiger partial charge on any atom is -0.311 e. The smallest absolute Gasteiger partial charge is 0.0605 e. The summed E-state index contributed by atoms with van der Waals surface area (Å²) in [7, 11) is 1.97. The normalized spacial score (nSPS) is 12.4. The average Bonchev–Trinajstić information content (AvgIpc) is 2.37. The van der Waals surface area contributed by atoms with Crippen LogP contribution in [0.4, 0.5) is 0 Å². The highest BCUT2D eigenvalue weighted by Gasteiger charge is 2.14. The second-order valence-electron chi connectivity index (χ2n) is 4.89. The van der Waals surface area contributed by atoms with E-state index in [1.54, 1.807) is 0 Å². The Bertz CT molecular complexity index is 566. The van der Waals surface area contributed by atoms with Gasteiger partial charge in [-0.1, -0.05) is 29.8 Å². The number of pyridine rings is 1. The van der Waals surface area contributed by atoms with Crippen molar-refractivity contribution in [1.82, 2.24) is 10.3 Å². The van der Waals surface area contributed by atoms with Crippen LogP contribution in [0.2, 0.25) is 5.02 Å². The van der Waals surface area contributed by atoms with E-state index in [0.29, 0.717) is 0 Å². The van der Waals surface area contributed by atoms with Crippen molar-refractivity contribution >= 4 is 11.6 Å². The van der Waals surface area contributed by atoms with Gasteiger partial charge in [0.05, 0.1) is 11.7 Å². The average molecular weight is 275 g/mol. The lowest BCUT2D eigenvalue weighted by molar-refractivity contribution is 0.572. The molecule has 0 saturated heterocycles. The number of rotatable bonds is 4.